The molecule has 2 aliphatic rings. The Morgan fingerprint density at radius 1 is 1.00 bits per heavy atom. The highest BCUT2D eigenvalue weighted by Crippen LogP contribution is 2.25. The molecule has 1 N–H and O–H groups in total. The molecule has 0 aromatic carbocycles. The molecule has 2 fully saturated rings. The van der Waals surface area contributed by atoms with Crippen LogP contribution in [-0.2, 0) is 9.19 Å². The van der Waals surface area contributed by atoms with Crippen LogP contribution < -0.4 is 0 Å². The van der Waals surface area contributed by atoms with E-state index in [4.69, 9.17) is 9.52 Å². The van der Waals surface area contributed by atoms with Gasteiger partial charge in [-0.15, -0.1) is 47.2 Å². The molecule has 0 aromatic rings. The SMILES string of the molecule is Cl.Cl.Cl.O=[P+](O)ON1CCC(N2CCCC2)CC1. The van der Waals surface area contributed by atoms with Crippen molar-refractivity contribution in [3.8, 4) is 0 Å². The Morgan fingerprint density at radius 3 is 1.94 bits per heavy atom. The highest BCUT2D eigenvalue weighted by atomic mass is 35.5. The first-order chi connectivity index (χ1) is 7.25. The molecule has 0 amide bonds. The Morgan fingerprint density at radius 2 is 1.50 bits per heavy atom. The van der Waals surface area contributed by atoms with Crippen LogP contribution in [0.5, 0.6) is 0 Å². The largest absolute Gasteiger partial charge is 0.713 e. The maximum atomic E-state index is 10.5. The molecule has 2 heterocycles. The summed E-state index contributed by atoms with van der Waals surface area (Å²) in [6, 6.07) is 0.656. The Balaban J connectivity index is 0. The van der Waals surface area contributed by atoms with Gasteiger partial charge in [0.05, 0.1) is 0 Å². The van der Waals surface area contributed by atoms with Crippen molar-refractivity contribution in [1.82, 2.24) is 9.96 Å². The maximum absolute atomic E-state index is 10.5. The molecule has 1 atom stereocenters. The van der Waals surface area contributed by atoms with Crippen LogP contribution in [0.2, 0.25) is 0 Å². The number of nitrogens with zero attached hydrogens (tertiary/aromatic N) is 2. The van der Waals surface area contributed by atoms with E-state index >= 15 is 0 Å². The first-order valence-electron chi connectivity index (χ1n) is 5.59. The average Bonchev–Trinajstić information content (AvgIpc) is 2.71. The Bertz CT molecular complexity index is 237. The van der Waals surface area contributed by atoms with Gasteiger partial charge in [0, 0.05) is 23.7 Å². The van der Waals surface area contributed by atoms with Crippen molar-refractivity contribution in [2.45, 2.75) is 31.7 Å². The van der Waals surface area contributed by atoms with Crippen molar-refractivity contribution in [1.29, 1.82) is 0 Å². The van der Waals surface area contributed by atoms with Crippen molar-refractivity contribution >= 4 is 45.5 Å². The number of hydrogen-bond donors (Lipinski definition) is 1. The quantitative estimate of drug-likeness (QED) is 0.798. The summed E-state index contributed by atoms with van der Waals surface area (Å²) in [5.41, 5.74) is 0. The summed E-state index contributed by atoms with van der Waals surface area (Å²) < 4.78 is 15.3. The van der Waals surface area contributed by atoms with Crippen LogP contribution in [0.4, 0.5) is 0 Å². The van der Waals surface area contributed by atoms with Gasteiger partial charge in [-0.2, -0.15) is 0 Å². The summed E-state index contributed by atoms with van der Waals surface area (Å²) in [6.45, 7) is 3.98. The molecule has 0 radical (unpaired) electrons. The van der Waals surface area contributed by atoms with Gasteiger partial charge in [-0.25, -0.2) is 0 Å². The number of rotatable bonds is 3. The minimum atomic E-state index is -2.49. The maximum Gasteiger partial charge on any atom is 0.713 e. The molecule has 18 heavy (non-hydrogen) atoms. The summed E-state index contributed by atoms with van der Waals surface area (Å²) in [4.78, 5) is 11.2. The number of piperidine rings is 1. The minimum absolute atomic E-state index is 0. The fourth-order valence-electron chi connectivity index (χ4n) is 2.49. The first kappa shape index (κ1) is 21.1. The zero-order chi connectivity index (χ0) is 10.7. The van der Waals surface area contributed by atoms with Gasteiger partial charge >= 0.3 is 8.25 Å². The lowest BCUT2D eigenvalue weighted by Gasteiger charge is -2.33. The van der Waals surface area contributed by atoms with Crippen LogP contribution in [0.25, 0.3) is 0 Å². The molecule has 2 aliphatic heterocycles. The van der Waals surface area contributed by atoms with Gasteiger partial charge < -0.3 is 4.90 Å². The number of likely N-dealkylation sites (tertiary alicyclic amines) is 1. The third-order valence-electron chi connectivity index (χ3n) is 3.27. The fraction of sp³-hybridized carbons (Fsp3) is 1.00. The predicted molar refractivity (Wildman–Crippen MR) is 78.1 cm³/mol. The summed E-state index contributed by atoms with van der Waals surface area (Å²) >= 11 is 0. The van der Waals surface area contributed by atoms with E-state index in [9.17, 15) is 4.57 Å². The predicted octanol–water partition coefficient (Wildman–Crippen LogP) is 2.39. The van der Waals surface area contributed by atoms with E-state index in [-0.39, 0.29) is 37.2 Å². The monoisotopic (exact) mass is 341 g/mol. The van der Waals surface area contributed by atoms with Crippen molar-refractivity contribution in [2.75, 3.05) is 26.2 Å². The van der Waals surface area contributed by atoms with Gasteiger partial charge in [0.1, 0.15) is 0 Å². The van der Waals surface area contributed by atoms with Gasteiger partial charge in [0.15, 0.2) is 0 Å². The molecule has 1 unspecified atom stereocenters. The van der Waals surface area contributed by atoms with Gasteiger partial charge in [-0.3, -0.25) is 0 Å². The standard InChI is InChI=1S/C9H17N2O3P.3ClH/c12-15(13)14-11-7-3-9(4-8-11)10-5-1-2-6-10;;;/h9H,1-8H2;3*1H/p+1. The van der Waals surface area contributed by atoms with E-state index in [1.807, 2.05) is 0 Å². The first-order valence-corrected chi connectivity index (χ1v) is 6.72. The summed E-state index contributed by atoms with van der Waals surface area (Å²) in [5, 5.41) is 1.62. The molecule has 2 rings (SSSR count). The number of hydrogen-bond acceptors (Lipinski definition) is 4. The van der Waals surface area contributed by atoms with Crippen LogP contribution in [-0.4, -0.2) is 47.1 Å². The highest BCUT2D eigenvalue weighted by Gasteiger charge is 2.30. The van der Waals surface area contributed by atoms with E-state index in [0.717, 1.165) is 25.9 Å². The molecular formula is C9H21Cl3N2O3P+. The third kappa shape index (κ3) is 6.31. The van der Waals surface area contributed by atoms with Crippen molar-refractivity contribution < 1.29 is 14.1 Å². The molecule has 5 nitrogen and oxygen atoms in total. The van der Waals surface area contributed by atoms with E-state index in [1.165, 1.54) is 25.9 Å². The second-order valence-electron chi connectivity index (χ2n) is 4.22. The van der Waals surface area contributed by atoms with Crippen molar-refractivity contribution in [3.05, 3.63) is 0 Å². The third-order valence-corrected chi connectivity index (χ3v) is 3.64. The lowest BCUT2D eigenvalue weighted by Crippen LogP contribution is -2.43. The zero-order valence-corrected chi connectivity index (χ0v) is 13.4. The normalized spacial score (nSPS) is 22.6. The fourth-order valence-corrected chi connectivity index (χ4v) is 2.86. The smallest absolute Gasteiger partial charge is 0.300 e. The van der Waals surface area contributed by atoms with Gasteiger partial charge in [-0.1, -0.05) is 0 Å². The van der Waals surface area contributed by atoms with Gasteiger partial charge in [0.25, 0.3) is 0 Å². The summed E-state index contributed by atoms with van der Waals surface area (Å²) in [7, 11) is -2.49. The lowest BCUT2D eigenvalue weighted by atomic mass is 10.1. The molecule has 9 heteroatoms. The van der Waals surface area contributed by atoms with Crippen molar-refractivity contribution in [3.63, 3.8) is 0 Å². The lowest BCUT2D eigenvalue weighted by molar-refractivity contribution is -0.0865. The van der Waals surface area contributed by atoms with Crippen LogP contribution >= 0.6 is 45.5 Å². The van der Waals surface area contributed by atoms with Crippen LogP contribution in [0.15, 0.2) is 0 Å². The minimum Gasteiger partial charge on any atom is -0.300 e. The van der Waals surface area contributed by atoms with Crippen LogP contribution in [0.3, 0.4) is 0 Å². The second kappa shape index (κ2) is 10.6. The van der Waals surface area contributed by atoms with Gasteiger partial charge in [-0.05, 0) is 43.4 Å². The van der Waals surface area contributed by atoms with Gasteiger partial charge in [0.2, 0.25) is 0 Å². The van der Waals surface area contributed by atoms with Crippen molar-refractivity contribution in [2.24, 2.45) is 0 Å². The molecule has 0 aliphatic carbocycles. The topological polar surface area (TPSA) is 53.0 Å². The average molecular weight is 343 g/mol. The highest BCUT2D eigenvalue weighted by molar-refractivity contribution is 7.32. The van der Waals surface area contributed by atoms with E-state index in [1.54, 1.807) is 5.06 Å². The molecule has 0 aromatic heterocycles. The molecule has 2 saturated heterocycles. The molecule has 0 saturated carbocycles. The molecule has 0 spiro atoms. The summed E-state index contributed by atoms with van der Waals surface area (Å²) in [6.07, 6.45) is 4.73. The Labute approximate surface area is 127 Å². The molecule has 110 valence electrons. The van der Waals surface area contributed by atoms with Crippen LogP contribution in [0, 0.1) is 0 Å². The van der Waals surface area contributed by atoms with E-state index in [0.29, 0.717) is 6.04 Å². The number of halogens is 3. The molecular weight excluding hydrogens is 321 g/mol. The summed E-state index contributed by atoms with van der Waals surface area (Å²) in [5.74, 6) is 0. The molecule has 0 bridgehead atoms. The number of hydroxylamine groups is 2. The zero-order valence-electron chi connectivity index (χ0n) is 10.1. The Hall–Kier alpha value is 0.810. The Kier molecular flexibility index (Phi) is 12.4. The van der Waals surface area contributed by atoms with Crippen LogP contribution in [0.1, 0.15) is 25.7 Å². The van der Waals surface area contributed by atoms with E-state index < -0.39 is 8.25 Å². The van der Waals surface area contributed by atoms with E-state index in [2.05, 4.69) is 4.90 Å². The second-order valence-corrected chi connectivity index (χ2v) is 4.86.